The zero-order valence-electron chi connectivity index (χ0n) is 12.9. The molecule has 3 rings (SSSR count). The van der Waals surface area contributed by atoms with Crippen LogP contribution in [0.25, 0.3) is 0 Å². The summed E-state index contributed by atoms with van der Waals surface area (Å²) in [7, 11) is -0.380. The van der Waals surface area contributed by atoms with Gasteiger partial charge in [0.1, 0.15) is 13.3 Å². The van der Waals surface area contributed by atoms with Crippen molar-refractivity contribution in [2.75, 3.05) is 18.2 Å². The number of ether oxygens (including phenoxy) is 1. The molecule has 0 atom stereocenters. The molecule has 0 saturated carbocycles. The first-order valence-corrected chi connectivity index (χ1v) is 7.14. The number of amides is 1. The number of carbonyl (C=O) groups excluding carboxylic acids is 1. The molecule has 2 fully saturated rings. The van der Waals surface area contributed by atoms with Gasteiger partial charge in [0.2, 0.25) is 0 Å². The van der Waals surface area contributed by atoms with E-state index in [9.17, 15) is 4.79 Å². The van der Waals surface area contributed by atoms with Crippen LogP contribution in [0.3, 0.4) is 0 Å². The lowest BCUT2D eigenvalue weighted by atomic mass is 9.79. The fourth-order valence-electron chi connectivity index (χ4n) is 2.38. The minimum absolute atomic E-state index is 0.0154. The van der Waals surface area contributed by atoms with E-state index in [0.29, 0.717) is 6.73 Å². The molecule has 0 bridgehead atoms. The lowest BCUT2D eigenvalue weighted by Gasteiger charge is -2.32. The molecule has 2 heterocycles. The van der Waals surface area contributed by atoms with Gasteiger partial charge in [0.15, 0.2) is 0 Å². The SMILES string of the molecule is CC1(C)OB(c2ccc(N3COCC3=O)cc2)OC1(C)C. The van der Waals surface area contributed by atoms with Crippen molar-refractivity contribution in [2.24, 2.45) is 0 Å². The van der Waals surface area contributed by atoms with Crippen LogP contribution < -0.4 is 10.4 Å². The van der Waals surface area contributed by atoms with Crippen molar-refractivity contribution in [2.45, 2.75) is 38.9 Å². The third kappa shape index (κ3) is 2.48. The number of nitrogens with zero attached hydrogens (tertiary/aromatic N) is 1. The maximum absolute atomic E-state index is 11.6. The number of hydrogen-bond donors (Lipinski definition) is 0. The molecule has 112 valence electrons. The number of hydrogen-bond acceptors (Lipinski definition) is 4. The van der Waals surface area contributed by atoms with Crippen LogP contribution >= 0.6 is 0 Å². The Bertz CT molecular complexity index is 539. The first-order valence-electron chi connectivity index (χ1n) is 7.14. The third-order valence-corrected chi connectivity index (χ3v) is 4.48. The summed E-state index contributed by atoms with van der Waals surface area (Å²) in [4.78, 5) is 13.3. The van der Waals surface area contributed by atoms with Crippen molar-refractivity contribution >= 4 is 24.2 Å². The maximum Gasteiger partial charge on any atom is 0.494 e. The largest absolute Gasteiger partial charge is 0.494 e. The summed E-state index contributed by atoms with van der Waals surface area (Å²) in [6, 6.07) is 7.66. The van der Waals surface area contributed by atoms with Gasteiger partial charge in [0, 0.05) is 5.69 Å². The van der Waals surface area contributed by atoms with Crippen LogP contribution in [-0.2, 0) is 18.8 Å². The van der Waals surface area contributed by atoms with E-state index in [2.05, 4.69) is 0 Å². The van der Waals surface area contributed by atoms with E-state index < -0.39 is 0 Å². The monoisotopic (exact) mass is 289 g/mol. The van der Waals surface area contributed by atoms with Crippen LogP contribution in [0.5, 0.6) is 0 Å². The second-order valence-corrected chi connectivity index (χ2v) is 6.48. The number of anilines is 1. The Hall–Kier alpha value is -1.37. The molecule has 5 nitrogen and oxygen atoms in total. The molecule has 0 aliphatic carbocycles. The molecule has 2 saturated heterocycles. The summed E-state index contributed by atoms with van der Waals surface area (Å²) in [5, 5.41) is 0. The van der Waals surface area contributed by atoms with Crippen molar-refractivity contribution < 1.29 is 18.8 Å². The molecular weight excluding hydrogens is 269 g/mol. The fourth-order valence-corrected chi connectivity index (χ4v) is 2.38. The molecule has 0 N–H and O–H groups in total. The summed E-state index contributed by atoms with van der Waals surface area (Å²) in [6.07, 6.45) is 0. The molecule has 0 aromatic heterocycles. The van der Waals surface area contributed by atoms with E-state index in [1.165, 1.54) is 0 Å². The summed E-state index contributed by atoms with van der Waals surface area (Å²) < 4.78 is 17.2. The van der Waals surface area contributed by atoms with E-state index in [1.54, 1.807) is 4.90 Å². The van der Waals surface area contributed by atoms with Gasteiger partial charge in [0.25, 0.3) is 5.91 Å². The van der Waals surface area contributed by atoms with Crippen LogP contribution in [0.15, 0.2) is 24.3 Å². The highest BCUT2D eigenvalue weighted by Gasteiger charge is 2.51. The summed E-state index contributed by atoms with van der Waals surface area (Å²) in [6.45, 7) is 8.58. The van der Waals surface area contributed by atoms with Gasteiger partial charge >= 0.3 is 7.12 Å². The topological polar surface area (TPSA) is 48.0 Å². The number of benzene rings is 1. The Kier molecular flexibility index (Phi) is 3.35. The van der Waals surface area contributed by atoms with Gasteiger partial charge in [-0.2, -0.15) is 0 Å². The number of carbonyl (C=O) groups is 1. The van der Waals surface area contributed by atoms with Gasteiger partial charge < -0.3 is 14.0 Å². The van der Waals surface area contributed by atoms with Crippen LogP contribution in [0.2, 0.25) is 0 Å². The predicted octanol–water partition coefficient (Wildman–Crippen LogP) is 1.31. The smallest absolute Gasteiger partial charge is 0.399 e. The molecule has 1 aromatic rings. The zero-order valence-corrected chi connectivity index (χ0v) is 12.9. The average Bonchev–Trinajstić information content (AvgIpc) is 2.92. The normalized spacial score (nSPS) is 23.9. The molecule has 1 aromatic carbocycles. The average molecular weight is 289 g/mol. The van der Waals surface area contributed by atoms with Crippen molar-refractivity contribution in [3.63, 3.8) is 0 Å². The molecule has 0 unspecified atom stereocenters. The minimum Gasteiger partial charge on any atom is -0.399 e. The molecular formula is C15H20BNO4. The second-order valence-electron chi connectivity index (χ2n) is 6.48. The first-order chi connectivity index (χ1) is 9.80. The third-order valence-electron chi connectivity index (χ3n) is 4.48. The lowest BCUT2D eigenvalue weighted by Crippen LogP contribution is -2.41. The van der Waals surface area contributed by atoms with Crippen molar-refractivity contribution in [1.29, 1.82) is 0 Å². The van der Waals surface area contributed by atoms with Crippen molar-refractivity contribution in [3.05, 3.63) is 24.3 Å². The molecule has 2 aliphatic rings. The van der Waals surface area contributed by atoms with Crippen molar-refractivity contribution in [1.82, 2.24) is 0 Å². The lowest BCUT2D eigenvalue weighted by molar-refractivity contribution is -0.117. The van der Waals surface area contributed by atoms with E-state index in [-0.39, 0.29) is 30.8 Å². The second kappa shape index (κ2) is 4.83. The quantitative estimate of drug-likeness (QED) is 0.770. The fraction of sp³-hybridized carbons (Fsp3) is 0.533. The summed E-state index contributed by atoms with van der Waals surface area (Å²) in [5.41, 5.74) is 1.08. The highest BCUT2D eigenvalue weighted by atomic mass is 16.7. The van der Waals surface area contributed by atoms with Crippen molar-refractivity contribution in [3.8, 4) is 0 Å². The van der Waals surface area contributed by atoms with Gasteiger partial charge in [-0.3, -0.25) is 9.69 Å². The van der Waals surface area contributed by atoms with Gasteiger partial charge in [-0.1, -0.05) is 12.1 Å². The van der Waals surface area contributed by atoms with Crippen LogP contribution in [0, 0.1) is 0 Å². The molecule has 0 spiro atoms. The molecule has 0 radical (unpaired) electrons. The highest BCUT2D eigenvalue weighted by molar-refractivity contribution is 6.62. The Labute approximate surface area is 125 Å². The van der Waals surface area contributed by atoms with E-state index in [1.807, 2.05) is 52.0 Å². The Morgan fingerprint density at radius 2 is 1.62 bits per heavy atom. The molecule has 2 aliphatic heterocycles. The van der Waals surface area contributed by atoms with Crippen LogP contribution in [0.4, 0.5) is 5.69 Å². The Morgan fingerprint density at radius 1 is 1.05 bits per heavy atom. The van der Waals surface area contributed by atoms with E-state index in [4.69, 9.17) is 14.0 Å². The Balaban J connectivity index is 1.78. The maximum atomic E-state index is 11.6. The molecule has 21 heavy (non-hydrogen) atoms. The Morgan fingerprint density at radius 3 is 2.10 bits per heavy atom. The van der Waals surface area contributed by atoms with Crippen LogP contribution in [-0.4, -0.2) is 37.6 Å². The minimum atomic E-state index is -0.380. The van der Waals surface area contributed by atoms with Gasteiger partial charge in [0.05, 0.1) is 11.2 Å². The number of rotatable bonds is 2. The van der Waals surface area contributed by atoms with E-state index in [0.717, 1.165) is 11.2 Å². The molecule has 6 heteroatoms. The first kappa shape index (κ1) is 14.6. The molecule has 1 amide bonds. The summed E-state index contributed by atoms with van der Waals surface area (Å²) >= 11 is 0. The van der Waals surface area contributed by atoms with E-state index >= 15 is 0 Å². The summed E-state index contributed by atoms with van der Waals surface area (Å²) in [5.74, 6) is -0.0154. The highest BCUT2D eigenvalue weighted by Crippen LogP contribution is 2.36. The van der Waals surface area contributed by atoms with Crippen LogP contribution in [0.1, 0.15) is 27.7 Å². The van der Waals surface area contributed by atoms with Gasteiger partial charge in [-0.25, -0.2) is 0 Å². The predicted molar refractivity (Wildman–Crippen MR) is 80.5 cm³/mol. The van der Waals surface area contributed by atoms with Gasteiger partial charge in [-0.15, -0.1) is 0 Å². The standard InChI is InChI=1S/C15H20BNO4/c1-14(2)15(3,4)21-16(20-14)11-5-7-12(8-6-11)17-10-19-9-13(17)18/h5-8H,9-10H2,1-4H3. The zero-order chi connectivity index (χ0) is 15.3. The van der Waals surface area contributed by atoms with Gasteiger partial charge in [-0.05, 0) is 45.3 Å².